The Bertz CT molecular complexity index is 537. The molecule has 18 heavy (non-hydrogen) atoms. The molecule has 2 atom stereocenters. The summed E-state index contributed by atoms with van der Waals surface area (Å²) in [4.78, 5) is 4.26. The average molecular weight is 273 g/mol. The zero-order valence-corrected chi connectivity index (χ0v) is 11.7. The summed E-state index contributed by atoms with van der Waals surface area (Å²) in [6.45, 7) is 3.87. The van der Waals surface area contributed by atoms with Gasteiger partial charge in [-0.3, -0.25) is 0 Å². The summed E-state index contributed by atoms with van der Waals surface area (Å²) in [6.07, 6.45) is 3.11. The fourth-order valence-corrected chi connectivity index (χ4v) is 4.09. The van der Waals surface area contributed by atoms with Crippen LogP contribution in [-0.4, -0.2) is 30.1 Å². The molecular formula is C11H19N3O3S. The molecule has 0 saturated heterocycles. The van der Waals surface area contributed by atoms with E-state index in [9.17, 15) is 8.42 Å². The maximum atomic E-state index is 11.8. The summed E-state index contributed by atoms with van der Waals surface area (Å²) in [7, 11) is -3.22. The lowest BCUT2D eigenvalue weighted by Gasteiger charge is -2.26. The van der Waals surface area contributed by atoms with Crippen molar-refractivity contribution >= 4 is 9.84 Å². The number of hydrogen-bond donors (Lipinski definition) is 1. The quantitative estimate of drug-likeness (QED) is 0.880. The molecule has 0 spiro atoms. The topological polar surface area (TPSA) is 99.1 Å². The molecule has 2 N–H and O–H groups in total. The molecule has 6 nitrogen and oxygen atoms in total. The molecule has 0 aromatic carbocycles. The molecule has 1 aliphatic carbocycles. The van der Waals surface area contributed by atoms with Crippen LogP contribution in [0.1, 0.15) is 50.7 Å². The molecule has 1 heterocycles. The van der Waals surface area contributed by atoms with E-state index >= 15 is 0 Å². The van der Waals surface area contributed by atoms with Crippen LogP contribution in [0.3, 0.4) is 0 Å². The first-order valence-electron chi connectivity index (χ1n) is 6.07. The zero-order valence-electron chi connectivity index (χ0n) is 10.9. The second kappa shape index (κ2) is 4.31. The van der Waals surface area contributed by atoms with Gasteiger partial charge in [0.2, 0.25) is 5.89 Å². The number of nitrogens with two attached hydrogens (primary N) is 1. The van der Waals surface area contributed by atoms with Crippen molar-refractivity contribution in [2.75, 3.05) is 6.26 Å². The van der Waals surface area contributed by atoms with E-state index in [0.29, 0.717) is 24.6 Å². The van der Waals surface area contributed by atoms with E-state index in [4.69, 9.17) is 10.3 Å². The highest BCUT2D eigenvalue weighted by Crippen LogP contribution is 2.39. The Labute approximate surface area is 107 Å². The van der Waals surface area contributed by atoms with E-state index in [1.54, 1.807) is 0 Å². The Morgan fingerprint density at radius 1 is 1.50 bits per heavy atom. The lowest BCUT2D eigenvalue weighted by atomic mass is 9.98. The maximum absolute atomic E-state index is 11.8. The third-order valence-electron chi connectivity index (χ3n) is 3.50. The molecule has 0 amide bonds. The molecule has 1 aromatic heterocycles. The monoisotopic (exact) mass is 273 g/mol. The molecular weight excluding hydrogens is 254 g/mol. The maximum Gasteiger partial charge on any atom is 0.229 e. The molecule has 0 radical (unpaired) electrons. The van der Waals surface area contributed by atoms with Crippen LogP contribution in [0.25, 0.3) is 0 Å². The van der Waals surface area contributed by atoms with Gasteiger partial charge in [-0.15, -0.1) is 0 Å². The molecule has 7 heteroatoms. The lowest BCUT2D eigenvalue weighted by Crippen LogP contribution is -2.48. The molecule has 0 aliphatic heterocycles. The normalized spacial score (nSPS) is 29.1. The molecule has 102 valence electrons. The number of sulfone groups is 1. The predicted molar refractivity (Wildman–Crippen MR) is 66.7 cm³/mol. The highest BCUT2D eigenvalue weighted by Gasteiger charge is 2.49. The summed E-state index contributed by atoms with van der Waals surface area (Å²) in [6, 6.07) is 0. The van der Waals surface area contributed by atoms with Crippen molar-refractivity contribution in [3.8, 4) is 0 Å². The van der Waals surface area contributed by atoms with Crippen molar-refractivity contribution < 1.29 is 12.9 Å². The predicted octanol–water partition coefficient (Wildman–Crippen LogP) is 0.944. The number of nitrogens with zero attached hydrogens (tertiary/aromatic N) is 2. The molecule has 2 unspecified atom stereocenters. The van der Waals surface area contributed by atoms with Crippen molar-refractivity contribution in [1.82, 2.24) is 10.1 Å². The highest BCUT2D eigenvalue weighted by molar-refractivity contribution is 7.91. The Kier molecular flexibility index (Phi) is 3.23. The van der Waals surface area contributed by atoms with Gasteiger partial charge in [0.1, 0.15) is 0 Å². The first kappa shape index (κ1) is 13.5. The molecule has 1 aliphatic rings. The zero-order chi connectivity index (χ0) is 13.6. The van der Waals surface area contributed by atoms with Gasteiger partial charge in [0.25, 0.3) is 0 Å². The standard InChI is InChI=1S/C11H19N3O3S/c1-7(2)9-13-10(14-17-9)11(12)6-4-5-8(11)18(3,15)16/h7-8H,4-6,12H2,1-3H3. The van der Waals surface area contributed by atoms with Gasteiger partial charge in [0.15, 0.2) is 15.7 Å². The number of hydrogen-bond acceptors (Lipinski definition) is 6. The van der Waals surface area contributed by atoms with Crippen LogP contribution in [0.15, 0.2) is 4.52 Å². The molecule has 1 fully saturated rings. The molecule has 0 bridgehead atoms. The smallest absolute Gasteiger partial charge is 0.229 e. The Balaban J connectivity index is 2.40. The lowest BCUT2D eigenvalue weighted by molar-refractivity contribution is 0.341. The molecule has 1 aromatic rings. The number of rotatable bonds is 3. The minimum Gasteiger partial charge on any atom is -0.339 e. The van der Waals surface area contributed by atoms with Crippen molar-refractivity contribution in [2.45, 2.75) is 49.8 Å². The summed E-state index contributed by atoms with van der Waals surface area (Å²) in [5.41, 5.74) is 5.25. The third-order valence-corrected chi connectivity index (χ3v) is 5.19. The van der Waals surface area contributed by atoms with Crippen LogP contribution in [-0.2, 0) is 15.4 Å². The van der Waals surface area contributed by atoms with E-state index in [2.05, 4.69) is 10.1 Å². The van der Waals surface area contributed by atoms with E-state index in [0.717, 1.165) is 6.42 Å². The molecule has 1 saturated carbocycles. The summed E-state index contributed by atoms with van der Waals surface area (Å²) < 4.78 is 28.7. The largest absolute Gasteiger partial charge is 0.339 e. The van der Waals surface area contributed by atoms with Crippen LogP contribution in [0.2, 0.25) is 0 Å². The van der Waals surface area contributed by atoms with E-state index in [-0.39, 0.29) is 5.92 Å². The second-order valence-corrected chi connectivity index (χ2v) is 7.59. The van der Waals surface area contributed by atoms with Crippen LogP contribution in [0.4, 0.5) is 0 Å². The Hall–Kier alpha value is -0.950. The van der Waals surface area contributed by atoms with E-state index in [1.165, 1.54) is 6.26 Å². The van der Waals surface area contributed by atoms with E-state index < -0.39 is 20.6 Å². The van der Waals surface area contributed by atoms with Gasteiger partial charge < -0.3 is 10.3 Å². The van der Waals surface area contributed by atoms with Crippen LogP contribution < -0.4 is 5.73 Å². The highest BCUT2D eigenvalue weighted by atomic mass is 32.2. The van der Waals surface area contributed by atoms with Crippen molar-refractivity contribution in [3.63, 3.8) is 0 Å². The van der Waals surface area contributed by atoms with Gasteiger partial charge in [-0.2, -0.15) is 4.98 Å². The first-order chi connectivity index (χ1) is 8.25. The Morgan fingerprint density at radius 3 is 2.67 bits per heavy atom. The van der Waals surface area contributed by atoms with Gasteiger partial charge in [-0.1, -0.05) is 19.0 Å². The van der Waals surface area contributed by atoms with E-state index in [1.807, 2.05) is 13.8 Å². The van der Waals surface area contributed by atoms with Crippen LogP contribution >= 0.6 is 0 Å². The average Bonchev–Trinajstić information content (AvgIpc) is 2.82. The summed E-state index contributed by atoms with van der Waals surface area (Å²) in [5.74, 6) is 0.918. The number of aromatic nitrogens is 2. The summed E-state index contributed by atoms with van der Waals surface area (Å²) in [5, 5.41) is 3.26. The minimum atomic E-state index is -3.22. The van der Waals surface area contributed by atoms with Gasteiger partial charge in [-0.05, 0) is 19.3 Å². The second-order valence-electron chi connectivity index (χ2n) is 5.36. The van der Waals surface area contributed by atoms with Gasteiger partial charge in [-0.25, -0.2) is 8.42 Å². The van der Waals surface area contributed by atoms with Crippen LogP contribution in [0, 0.1) is 0 Å². The minimum absolute atomic E-state index is 0.105. The van der Waals surface area contributed by atoms with Crippen molar-refractivity contribution in [3.05, 3.63) is 11.7 Å². The van der Waals surface area contributed by atoms with Crippen molar-refractivity contribution in [1.29, 1.82) is 0 Å². The summed E-state index contributed by atoms with van der Waals surface area (Å²) >= 11 is 0. The van der Waals surface area contributed by atoms with Gasteiger partial charge >= 0.3 is 0 Å². The van der Waals surface area contributed by atoms with Crippen LogP contribution in [0.5, 0.6) is 0 Å². The molecule has 2 rings (SSSR count). The Morgan fingerprint density at radius 2 is 2.17 bits per heavy atom. The van der Waals surface area contributed by atoms with Gasteiger partial charge in [0.05, 0.1) is 10.8 Å². The van der Waals surface area contributed by atoms with Gasteiger partial charge in [0, 0.05) is 12.2 Å². The fraction of sp³-hybridized carbons (Fsp3) is 0.818. The fourth-order valence-electron chi connectivity index (χ4n) is 2.51. The first-order valence-corrected chi connectivity index (χ1v) is 8.02. The van der Waals surface area contributed by atoms with Crippen molar-refractivity contribution in [2.24, 2.45) is 5.73 Å². The SMILES string of the molecule is CC(C)c1nc(C2(N)CCCC2S(C)(=O)=O)no1. The third kappa shape index (κ3) is 2.16.